The minimum absolute atomic E-state index is 0.111. The molecule has 2 aliphatic rings. The van der Waals surface area contributed by atoms with Gasteiger partial charge in [0, 0.05) is 12.6 Å². The number of ether oxygens (including phenoxy) is 2. The molecular formula is C13H18ClF3N2O3. The van der Waals surface area contributed by atoms with Gasteiger partial charge in [-0.2, -0.15) is 18.2 Å². The highest BCUT2D eigenvalue weighted by molar-refractivity contribution is 6.15. The van der Waals surface area contributed by atoms with Crippen molar-refractivity contribution in [3.8, 4) is 6.01 Å². The van der Waals surface area contributed by atoms with Gasteiger partial charge in [0.1, 0.15) is 18.4 Å². The third-order valence-electron chi connectivity index (χ3n) is 3.02. The Hall–Kier alpha value is -1.28. The Balaban J connectivity index is 0.000000561. The van der Waals surface area contributed by atoms with Crippen molar-refractivity contribution in [2.75, 3.05) is 13.0 Å². The van der Waals surface area contributed by atoms with E-state index in [2.05, 4.69) is 16.6 Å². The average Bonchev–Trinajstić information content (AvgIpc) is 2.88. The van der Waals surface area contributed by atoms with Crippen molar-refractivity contribution in [1.82, 2.24) is 9.55 Å². The lowest BCUT2D eigenvalue weighted by Gasteiger charge is -2.17. The Morgan fingerprint density at radius 3 is 2.55 bits per heavy atom. The normalized spacial score (nSPS) is 22.1. The number of nitrogens with zero attached hydrogens (tertiary/aromatic N) is 2. The fourth-order valence-corrected chi connectivity index (χ4v) is 2.14. The van der Waals surface area contributed by atoms with Crippen LogP contribution in [0, 0.1) is 0 Å². The van der Waals surface area contributed by atoms with Crippen molar-refractivity contribution >= 4 is 11.6 Å². The van der Waals surface area contributed by atoms with Crippen LogP contribution in [-0.4, -0.2) is 28.6 Å². The molecule has 9 heteroatoms. The Bertz CT molecular complexity index is 548. The summed E-state index contributed by atoms with van der Waals surface area (Å²) in [6.07, 6.45) is -1.91. The van der Waals surface area contributed by atoms with E-state index < -0.39 is 23.5 Å². The van der Waals surface area contributed by atoms with Crippen molar-refractivity contribution in [1.29, 1.82) is 0 Å². The number of hydrogen-bond donors (Lipinski definition) is 0. The zero-order chi connectivity index (χ0) is 16.9. The van der Waals surface area contributed by atoms with Crippen molar-refractivity contribution in [2.45, 2.75) is 45.2 Å². The van der Waals surface area contributed by atoms with Gasteiger partial charge in [-0.3, -0.25) is 9.36 Å². The highest BCUT2D eigenvalue weighted by atomic mass is 35.5. The smallest absolute Gasteiger partial charge is 0.423 e. The molecule has 1 saturated heterocycles. The van der Waals surface area contributed by atoms with E-state index >= 15 is 0 Å². The summed E-state index contributed by atoms with van der Waals surface area (Å²) in [6.45, 7) is 4.20. The summed E-state index contributed by atoms with van der Waals surface area (Å²) in [7, 11) is 0. The lowest BCUT2D eigenvalue weighted by molar-refractivity contribution is -0.139. The van der Waals surface area contributed by atoms with Gasteiger partial charge in [-0.15, -0.1) is 11.6 Å². The molecular weight excluding hydrogens is 325 g/mol. The second-order valence-electron chi connectivity index (χ2n) is 4.25. The van der Waals surface area contributed by atoms with Crippen LogP contribution in [0.25, 0.3) is 0 Å². The van der Waals surface area contributed by atoms with E-state index in [1.54, 1.807) is 0 Å². The van der Waals surface area contributed by atoms with E-state index in [9.17, 15) is 18.0 Å². The molecule has 22 heavy (non-hydrogen) atoms. The van der Waals surface area contributed by atoms with E-state index in [0.29, 0.717) is 6.42 Å². The van der Waals surface area contributed by atoms with Crippen molar-refractivity contribution < 1.29 is 22.6 Å². The van der Waals surface area contributed by atoms with Gasteiger partial charge < -0.3 is 9.47 Å². The molecule has 2 aliphatic heterocycles. The third kappa shape index (κ3) is 3.92. The molecule has 0 spiro atoms. The Kier molecular flexibility index (Phi) is 6.67. The summed E-state index contributed by atoms with van der Waals surface area (Å²) < 4.78 is 49.7. The summed E-state index contributed by atoms with van der Waals surface area (Å²) in [5.41, 5.74) is -2.63. The van der Waals surface area contributed by atoms with Gasteiger partial charge in [0.25, 0.3) is 5.56 Å². The van der Waals surface area contributed by atoms with Gasteiger partial charge in [-0.25, -0.2) is 0 Å². The number of alkyl halides is 4. The molecule has 2 atom stereocenters. The average molecular weight is 343 g/mol. The second-order valence-corrected chi connectivity index (χ2v) is 4.25. The highest BCUT2D eigenvalue weighted by Crippen LogP contribution is 2.35. The molecule has 0 aromatic carbocycles. The molecule has 1 fully saturated rings. The van der Waals surface area contributed by atoms with Crippen LogP contribution in [0.4, 0.5) is 13.2 Å². The minimum Gasteiger partial charge on any atom is -0.462 e. The summed E-state index contributed by atoms with van der Waals surface area (Å²) >= 11 is 4.64. The molecule has 2 unspecified atom stereocenters. The number of hydrogen-bond acceptors (Lipinski definition) is 4. The van der Waals surface area contributed by atoms with Gasteiger partial charge in [0.2, 0.25) is 0 Å². The van der Waals surface area contributed by atoms with Gasteiger partial charge in [-0.1, -0.05) is 13.8 Å². The molecule has 1 aromatic heterocycles. The molecule has 3 heterocycles. The van der Waals surface area contributed by atoms with Gasteiger partial charge in [0.05, 0.1) is 6.10 Å². The van der Waals surface area contributed by atoms with Crippen molar-refractivity contribution in [2.24, 2.45) is 0 Å². The number of aromatic nitrogens is 2. The fourth-order valence-electron chi connectivity index (χ4n) is 2.14. The van der Waals surface area contributed by atoms with E-state index in [-0.39, 0.29) is 18.7 Å². The molecule has 0 radical (unpaired) electrons. The zero-order valence-electron chi connectivity index (χ0n) is 12.5. The predicted molar refractivity (Wildman–Crippen MR) is 75.3 cm³/mol. The lowest BCUT2D eigenvalue weighted by Crippen LogP contribution is -2.26. The van der Waals surface area contributed by atoms with Crippen LogP contribution < -0.4 is 10.3 Å². The number of rotatable bonds is 0. The van der Waals surface area contributed by atoms with Crippen molar-refractivity contribution in [3.05, 3.63) is 22.1 Å². The Morgan fingerprint density at radius 1 is 1.32 bits per heavy atom. The summed E-state index contributed by atoms with van der Waals surface area (Å²) in [5, 5.41) is 0. The minimum atomic E-state index is -4.73. The van der Waals surface area contributed by atoms with E-state index in [4.69, 9.17) is 9.47 Å². The van der Waals surface area contributed by atoms with E-state index in [0.717, 1.165) is 17.2 Å². The molecule has 0 amide bonds. The first-order chi connectivity index (χ1) is 10.4. The summed E-state index contributed by atoms with van der Waals surface area (Å²) in [4.78, 5) is 14.6. The first-order valence-corrected chi connectivity index (χ1v) is 7.57. The summed E-state index contributed by atoms with van der Waals surface area (Å²) in [5.74, 6) is 0. The zero-order valence-corrected chi connectivity index (χ0v) is 13.2. The maximum absolute atomic E-state index is 12.6. The molecule has 126 valence electrons. The quantitative estimate of drug-likeness (QED) is 0.679. The Labute approximate surface area is 131 Å². The van der Waals surface area contributed by atoms with Gasteiger partial charge in [0.15, 0.2) is 0 Å². The molecule has 1 aromatic rings. The van der Waals surface area contributed by atoms with Gasteiger partial charge >= 0.3 is 12.2 Å². The van der Waals surface area contributed by atoms with Crippen LogP contribution in [0.5, 0.6) is 6.01 Å². The Morgan fingerprint density at radius 2 is 1.95 bits per heavy atom. The maximum atomic E-state index is 12.6. The molecule has 0 aliphatic carbocycles. The second kappa shape index (κ2) is 7.82. The third-order valence-corrected chi connectivity index (χ3v) is 3.02. The number of fused-ring (bicyclic) bond motifs is 4. The van der Waals surface area contributed by atoms with Crippen LogP contribution >= 0.6 is 11.6 Å². The molecule has 3 rings (SSSR count). The maximum Gasteiger partial charge on any atom is 0.423 e. The SMILES string of the molecule is CC.CCl.O=c1nc2n(cc1C(F)(F)F)C1CCC(CO2)O1. The fraction of sp³-hybridized carbons (Fsp3) is 0.692. The number of halogens is 4. The molecule has 5 nitrogen and oxygen atoms in total. The molecule has 2 bridgehead atoms. The first-order valence-electron chi connectivity index (χ1n) is 6.81. The van der Waals surface area contributed by atoms with Crippen LogP contribution in [0.2, 0.25) is 0 Å². The van der Waals surface area contributed by atoms with Crippen LogP contribution in [0.3, 0.4) is 0 Å². The molecule has 0 N–H and O–H groups in total. The standard InChI is InChI=1S/C10H9F3N2O3.C2H6.CH3Cl/c11-10(12,13)6-3-15-7-2-1-5(18-7)4-17-9(15)14-8(6)16;2*1-2/h3,5,7H,1-2,4H2;1-2H3;1H3. The highest BCUT2D eigenvalue weighted by Gasteiger charge is 2.38. The van der Waals surface area contributed by atoms with Crippen LogP contribution in [-0.2, 0) is 10.9 Å². The largest absolute Gasteiger partial charge is 0.462 e. The lowest BCUT2D eigenvalue weighted by atomic mass is 10.2. The topological polar surface area (TPSA) is 53.4 Å². The van der Waals surface area contributed by atoms with Gasteiger partial charge in [-0.05, 0) is 12.8 Å². The predicted octanol–water partition coefficient (Wildman–Crippen LogP) is 3.21. The monoisotopic (exact) mass is 342 g/mol. The van der Waals surface area contributed by atoms with Crippen LogP contribution in [0.1, 0.15) is 38.5 Å². The van der Waals surface area contributed by atoms with Crippen molar-refractivity contribution in [3.63, 3.8) is 0 Å². The van der Waals surface area contributed by atoms with E-state index in [1.165, 1.54) is 6.38 Å². The van der Waals surface area contributed by atoms with Crippen LogP contribution in [0.15, 0.2) is 11.0 Å². The first kappa shape index (κ1) is 18.8. The summed E-state index contributed by atoms with van der Waals surface area (Å²) in [6, 6.07) is -0.111. The van der Waals surface area contributed by atoms with E-state index in [1.807, 2.05) is 13.8 Å². The molecule has 0 saturated carbocycles.